The second-order valence-corrected chi connectivity index (χ2v) is 4.71. The van der Waals surface area contributed by atoms with E-state index >= 15 is 0 Å². The van der Waals surface area contributed by atoms with Crippen molar-refractivity contribution in [1.82, 2.24) is 0 Å². The van der Waals surface area contributed by atoms with Gasteiger partial charge in [0.25, 0.3) is 0 Å². The molecule has 1 heterocycles. The van der Waals surface area contributed by atoms with Gasteiger partial charge in [-0.2, -0.15) is 0 Å². The first kappa shape index (κ1) is 11.1. The van der Waals surface area contributed by atoms with Crippen molar-refractivity contribution in [2.24, 2.45) is 0 Å². The fraction of sp³-hybridized carbons (Fsp3) is 0.429. The van der Waals surface area contributed by atoms with Gasteiger partial charge in [0.15, 0.2) is 0 Å². The number of furan rings is 1. The maximum Gasteiger partial charge on any atom is 0.136 e. The van der Waals surface area contributed by atoms with Gasteiger partial charge in [-0.1, -0.05) is 12.1 Å². The summed E-state index contributed by atoms with van der Waals surface area (Å²) in [6.07, 6.45) is 1.87. The van der Waals surface area contributed by atoms with Gasteiger partial charge in [-0.15, -0.1) is 0 Å². The van der Waals surface area contributed by atoms with Gasteiger partial charge >= 0.3 is 0 Å². The summed E-state index contributed by atoms with van der Waals surface area (Å²) in [5.74, 6) is 0. The van der Waals surface area contributed by atoms with E-state index in [1.807, 2.05) is 18.4 Å². The Balaban J connectivity index is 2.53. The van der Waals surface area contributed by atoms with Crippen molar-refractivity contribution in [2.75, 3.05) is 4.90 Å². The molecule has 1 aromatic heterocycles. The van der Waals surface area contributed by atoms with Crippen molar-refractivity contribution in [3.05, 3.63) is 30.5 Å². The lowest BCUT2D eigenvalue weighted by atomic mass is 10.1. The highest BCUT2D eigenvalue weighted by atomic mass is 16.3. The molecule has 0 spiro atoms. The summed E-state index contributed by atoms with van der Waals surface area (Å²) in [6, 6.07) is 9.14. The van der Waals surface area contributed by atoms with Crippen LogP contribution in [0.3, 0.4) is 0 Å². The van der Waals surface area contributed by atoms with Gasteiger partial charge in [0.05, 0.1) is 5.69 Å². The molecule has 0 aliphatic carbocycles. The fourth-order valence-electron chi connectivity index (χ4n) is 2.32. The van der Waals surface area contributed by atoms with Crippen molar-refractivity contribution < 1.29 is 4.42 Å². The first-order valence-electron chi connectivity index (χ1n) is 5.86. The molecule has 0 saturated heterocycles. The average molecular weight is 217 g/mol. The van der Waals surface area contributed by atoms with Crippen molar-refractivity contribution in [3.8, 4) is 0 Å². The predicted octanol–water partition coefficient (Wildman–Crippen LogP) is 4.06. The summed E-state index contributed by atoms with van der Waals surface area (Å²) in [5, 5.41) is 1.20. The molecule has 2 rings (SSSR count). The molecule has 0 amide bonds. The molecule has 0 atom stereocenters. The fourth-order valence-corrected chi connectivity index (χ4v) is 2.32. The summed E-state index contributed by atoms with van der Waals surface area (Å²) in [6.45, 7) is 8.84. The minimum Gasteiger partial charge on any atom is -0.462 e. The minimum atomic E-state index is 0.473. The molecule has 0 radical (unpaired) electrons. The third kappa shape index (κ3) is 1.80. The van der Waals surface area contributed by atoms with Gasteiger partial charge in [0.2, 0.25) is 0 Å². The Kier molecular flexibility index (Phi) is 2.90. The van der Waals surface area contributed by atoms with E-state index in [1.165, 1.54) is 11.1 Å². The van der Waals surface area contributed by atoms with Crippen LogP contribution in [0.1, 0.15) is 27.7 Å². The lowest BCUT2D eigenvalue weighted by molar-refractivity contribution is 0.584. The summed E-state index contributed by atoms with van der Waals surface area (Å²) in [4.78, 5) is 2.38. The van der Waals surface area contributed by atoms with E-state index in [4.69, 9.17) is 4.42 Å². The predicted molar refractivity (Wildman–Crippen MR) is 69.0 cm³/mol. The first-order chi connectivity index (χ1) is 7.61. The normalized spacial score (nSPS) is 11.6. The van der Waals surface area contributed by atoms with Gasteiger partial charge in [0.1, 0.15) is 11.8 Å². The molecule has 0 saturated carbocycles. The average Bonchev–Trinajstić information content (AvgIpc) is 2.61. The van der Waals surface area contributed by atoms with Gasteiger partial charge in [0, 0.05) is 17.5 Å². The minimum absolute atomic E-state index is 0.473. The Hall–Kier alpha value is -1.44. The molecule has 0 bridgehead atoms. The highest BCUT2D eigenvalue weighted by Crippen LogP contribution is 2.31. The van der Waals surface area contributed by atoms with Crippen molar-refractivity contribution in [3.63, 3.8) is 0 Å². The molecule has 0 fully saturated rings. The van der Waals surface area contributed by atoms with Crippen LogP contribution in [0.5, 0.6) is 0 Å². The van der Waals surface area contributed by atoms with Crippen LogP contribution in [0.25, 0.3) is 11.0 Å². The third-order valence-corrected chi connectivity index (χ3v) is 2.85. The van der Waals surface area contributed by atoms with Crippen LogP contribution in [0.4, 0.5) is 5.69 Å². The molecule has 1 aromatic carbocycles. The number of benzene rings is 1. The monoisotopic (exact) mass is 217 g/mol. The van der Waals surface area contributed by atoms with E-state index in [1.54, 1.807) is 0 Å². The molecular weight excluding hydrogens is 198 g/mol. The number of hydrogen-bond acceptors (Lipinski definition) is 2. The lowest BCUT2D eigenvalue weighted by Crippen LogP contribution is -2.36. The lowest BCUT2D eigenvalue weighted by Gasteiger charge is -2.31. The maximum absolute atomic E-state index is 5.59. The number of rotatable bonds is 3. The second kappa shape index (κ2) is 4.20. The molecule has 0 aliphatic rings. The zero-order valence-electron chi connectivity index (χ0n) is 10.4. The van der Waals surface area contributed by atoms with Crippen LogP contribution in [0.15, 0.2) is 34.9 Å². The highest BCUT2D eigenvalue weighted by Gasteiger charge is 2.18. The van der Waals surface area contributed by atoms with Crippen LogP contribution < -0.4 is 4.90 Å². The molecular formula is C14H19NO. The second-order valence-electron chi connectivity index (χ2n) is 4.71. The van der Waals surface area contributed by atoms with Gasteiger partial charge in [-0.25, -0.2) is 0 Å². The van der Waals surface area contributed by atoms with E-state index in [0.29, 0.717) is 12.1 Å². The van der Waals surface area contributed by atoms with Crippen LogP contribution >= 0.6 is 0 Å². The van der Waals surface area contributed by atoms with Crippen molar-refractivity contribution >= 4 is 16.7 Å². The highest BCUT2D eigenvalue weighted by molar-refractivity contribution is 5.91. The maximum atomic E-state index is 5.59. The Morgan fingerprint density at radius 3 is 2.25 bits per heavy atom. The van der Waals surface area contributed by atoms with E-state index in [-0.39, 0.29) is 0 Å². The first-order valence-corrected chi connectivity index (χ1v) is 5.86. The number of anilines is 1. The SMILES string of the molecule is CC(C)N(c1coc2ccccc12)C(C)C. The molecule has 0 N–H and O–H groups in total. The molecule has 16 heavy (non-hydrogen) atoms. The summed E-state index contributed by atoms with van der Waals surface area (Å²) in [5.41, 5.74) is 2.16. The van der Waals surface area contributed by atoms with Crippen molar-refractivity contribution in [1.29, 1.82) is 0 Å². The summed E-state index contributed by atoms with van der Waals surface area (Å²) < 4.78 is 5.59. The van der Waals surface area contributed by atoms with Gasteiger partial charge in [-0.3, -0.25) is 0 Å². The van der Waals surface area contributed by atoms with Crippen molar-refractivity contribution in [2.45, 2.75) is 39.8 Å². The van der Waals surface area contributed by atoms with Crippen LogP contribution in [-0.2, 0) is 0 Å². The molecule has 86 valence electrons. The van der Waals surface area contributed by atoms with Gasteiger partial charge in [-0.05, 0) is 39.8 Å². The molecule has 0 aliphatic heterocycles. The number of hydrogen-bond donors (Lipinski definition) is 0. The number of fused-ring (bicyclic) bond motifs is 1. The summed E-state index contributed by atoms with van der Waals surface area (Å²) in [7, 11) is 0. The Labute approximate surface area is 96.9 Å². The molecule has 2 aromatic rings. The Morgan fingerprint density at radius 1 is 1.00 bits per heavy atom. The van der Waals surface area contributed by atoms with E-state index < -0.39 is 0 Å². The largest absolute Gasteiger partial charge is 0.462 e. The van der Waals surface area contributed by atoms with Gasteiger partial charge < -0.3 is 9.32 Å². The van der Waals surface area contributed by atoms with Crippen LogP contribution in [0.2, 0.25) is 0 Å². The molecule has 2 heteroatoms. The zero-order valence-corrected chi connectivity index (χ0v) is 10.4. The zero-order chi connectivity index (χ0) is 11.7. The topological polar surface area (TPSA) is 16.4 Å². The standard InChI is InChI=1S/C14H19NO/c1-10(2)15(11(3)4)13-9-16-14-8-6-5-7-12(13)14/h5-11H,1-4H3. The molecule has 0 unspecified atom stereocenters. The van der Waals surface area contributed by atoms with Crippen LogP contribution in [0, 0.1) is 0 Å². The molecule has 2 nitrogen and oxygen atoms in total. The quantitative estimate of drug-likeness (QED) is 0.771. The smallest absolute Gasteiger partial charge is 0.136 e. The number of nitrogens with zero attached hydrogens (tertiary/aromatic N) is 1. The third-order valence-electron chi connectivity index (χ3n) is 2.85. The Bertz CT molecular complexity index is 462. The van der Waals surface area contributed by atoms with E-state index in [9.17, 15) is 0 Å². The van der Waals surface area contributed by atoms with Crippen LogP contribution in [-0.4, -0.2) is 12.1 Å². The van der Waals surface area contributed by atoms with E-state index in [0.717, 1.165) is 5.58 Å². The Morgan fingerprint density at radius 2 is 1.62 bits per heavy atom. The van der Waals surface area contributed by atoms with E-state index in [2.05, 4.69) is 44.7 Å². The number of para-hydroxylation sites is 1. The summed E-state index contributed by atoms with van der Waals surface area (Å²) >= 11 is 0.